The summed E-state index contributed by atoms with van der Waals surface area (Å²) in [4.78, 5) is 0. The Morgan fingerprint density at radius 3 is 1.44 bits per heavy atom. The van der Waals surface area contributed by atoms with Gasteiger partial charge in [0.1, 0.15) is 0 Å². The highest BCUT2D eigenvalue weighted by atomic mass is 32.1. The van der Waals surface area contributed by atoms with Crippen molar-refractivity contribution in [1.29, 1.82) is 0 Å². The van der Waals surface area contributed by atoms with Gasteiger partial charge in [-0.25, -0.2) is 0 Å². The van der Waals surface area contributed by atoms with E-state index in [4.69, 9.17) is 0 Å². The van der Waals surface area contributed by atoms with Crippen molar-refractivity contribution in [3.05, 3.63) is 0 Å². The van der Waals surface area contributed by atoms with Gasteiger partial charge in [0.25, 0.3) is 0 Å². The minimum Gasteiger partial charge on any atom is -0.0595 e. The molecule has 0 atom stereocenters. The van der Waals surface area contributed by atoms with Crippen LogP contribution in [0.5, 0.6) is 0 Å². The zero-order valence-corrected chi connectivity index (χ0v) is 7.25. The van der Waals surface area contributed by atoms with Gasteiger partial charge in [0, 0.05) is 23.5 Å². The normalized spacial score (nSPS) is 11.4. The van der Waals surface area contributed by atoms with E-state index in [0.29, 0.717) is 0 Å². The fraction of sp³-hybridized carbons (Fsp3) is 1.00. The fourth-order valence-corrected chi connectivity index (χ4v) is 1.28. The van der Waals surface area contributed by atoms with Crippen LogP contribution in [0.1, 0.15) is 40.0 Å². The molecule has 9 heavy (non-hydrogen) atoms. The lowest BCUT2D eigenvalue weighted by Crippen LogP contribution is -2.23. The molecule has 0 spiro atoms. The van der Waals surface area contributed by atoms with Crippen LogP contribution in [0.2, 0.25) is 0 Å². The van der Waals surface area contributed by atoms with Gasteiger partial charge in [0.05, 0.1) is 0 Å². The topological polar surface area (TPSA) is 17.1 Å². The van der Waals surface area contributed by atoms with Gasteiger partial charge < -0.3 is 0 Å². The summed E-state index contributed by atoms with van der Waals surface area (Å²) in [6, 6.07) is 0. The molecule has 0 amide bonds. The smallest absolute Gasteiger partial charge is 0.0595 e. The number of hydrogen-bond donors (Lipinski definition) is 0. The average molecular weight is 147 g/mol. The van der Waals surface area contributed by atoms with E-state index in [2.05, 4.69) is 20.8 Å². The summed E-state index contributed by atoms with van der Waals surface area (Å²) in [7, 11) is 0. The minimum atomic E-state index is 0.0278. The van der Waals surface area contributed by atoms with Gasteiger partial charge in [0.15, 0.2) is 0 Å². The van der Waals surface area contributed by atoms with Crippen LogP contribution in [0.4, 0.5) is 0 Å². The Labute approximate surface area is 61.3 Å². The molecule has 1 nitrogen and oxygen atoms in total. The van der Waals surface area contributed by atoms with Gasteiger partial charge in [0.2, 0.25) is 4.75 Å². The van der Waals surface area contributed by atoms with Gasteiger partial charge in [-0.3, -0.25) is 0 Å². The van der Waals surface area contributed by atoms with Crippen molar-refractivity contribution in [2.75, 3.05) is 0 Å². The predicted octanol–water partition coefficient (Wildman–Crippen LogP) is 2.38. The van der Waals surface area contributed by atoms with Crippen molar-refractivity contribution >= 4 is 11.7 Å². The Balaban J connectivity index is 3.98. The highest BCUT2D eigenvalue weighted by Gasteiger charge is 2.38. The standard InChI is InChI=1S/C7H15OS/c1-4-7(5-2,6-3)9-8/h4-6H2,1-3H3/q+1. The highest BCUT2D eigenvalue weighted by Crippen LogP contribution is 2.21. The first-order valence-corrected chi connectivity index (χ1v) is 4.29. The van der Waals surface area contributed by atoms with Crippen molar-refractivity contribution in [2.24, 2.45) is 0 Å². The van der Waals surface area contributed by atoms with Gasteiger partial charge >= 0.3 is 11.7 Å². The first-order chi connectivity index (χ1) is 4.24. The lowest BCUT2D eigenvalue weighted by atomic mass is 9.99. The molecule has 0 rings (SSSR count). The highest BCUT2D eigenvalue weighted by molar-refractivity contribution is 7.67. The fourth-order valence-electron chi connectivity index (χ4n) is 0.927. The SMILES string of the molecule is CCC(CC)(CC)[S+]=O. The summed E-state index contributed by atoms with van der Waals surface area (Å²) in [5.41, 5.74) is 0. The summed E-state index contributed by atoms with van der Waals surface area (Å²) < 4.78 is 10.6. The van der Waals surface area contributed by atoms with Gasteiger partial charge in [-0.2, -0.15) is 0 Å². The van der Waals surface area contributed by atoms with Gasteiger partial charge in [-0.1, -0.05) is 20.8 Å². The Morgan fingerprint density at radius 1 is 1.11 bits per heavy atom. The van der Waals surface area contributed by atoms with E-state index in [9.17, 15) is 4.21 Å². The first-order valence-electron chi connectivity index (χ1n) is 3.55. The molecule has 0 heterocycles. The second kappa shape index (κ2) is 3.94. The average Bonchev–Trinajstić information content (AvgIpc) is 1.95. The van der Waals surface area contributed by atoms with Crippen molar-refractivity contribution in [2.45, 2.75) is 44.8 Å². The Hall–Kier alpha value is 0.0200. The summed E-state index contributed by atoms with van der Waals surface area (Å²) in [6.07, 6.45) is 2.98. The quantitative estimate of drug-likeness (QED) is 0.558. The zero-order chi connectivity index (χ0) is 7.33. The van der Waals surface area contributed by atoms with E-state index in [1.54, 1.807) is 0 Å². The third kappa shape index (κ3) is 2.01. The molecule has 0 N–H and O–H groups in total. The van der Waals surface area contributed by atoms with Crippen LogP contribution >= 0.6 is 0 Å². The van der Waals surface area contributed by atoms with E-state index in [1.807, 2.05) is 0 Å². The molecule has 0 fully saturated rings. The van der Waals surface area contributed by atoms with Crippen LogP contribution in [0, 0.1) is 0 Å². The van der Waals surface area contributed by atoms with E-state index >= 15 is 0 Å². The van der Waals surface area contributed by atoms with Crippen LogP contribution in [-0.4, -0.2) is 4.75 Å². The molecular weight excluding hydrogens is 132 g/mol. The number of rotatable bonds is 4. The second-order valence-corrected chi connectivity index (χ2v) is 3.36. The van der Waals surface area contributed by atoms with Crippen molar-refractivity contribution in [1.82, 2.24) is 0 Å². The lowest BCUT2D eigenvalue weighted by molar-refractivity contribution is 0.500. The van der Waals surface area contributed by atoms with E-state index in [-0.39, 0.29) is 4.75 Å². The molecule has 2 heteroatoms. The Kier molecular flexibility index (Phi) is 3.95. The molecule has 0 aliphatic rings. The molecule has 0 aromatic carbocycles. The second-order valence-electron chi connectivity index (χ2n) is 2.33. The van der Waals surface area contributed by atoms with Crippen LogP contribution in [0.25, 0.3) is 0 Å². The van der Waals surface area contributed by atoms with Crippen LogP contribution in [0.3, 0.4) is 0 Å². The van der Waals surface area contributed by atoms with Crippen LogP contribution in [-0.2, 0) is 15.9 Å². The Morgan fingerprint density at radius 2 is 1.44 bits per heavy atom. The summed E-state index contributed by atoms with van der Waals surface area (Å²) in [5.74, 6) is 0. The van der Waals surface area contributed by atoms with Crippen molar-refractivity contribution in [3.8, 4) is 0 Å². The van der Waals surface area contributed by atoms with Crippen molar-refractivity contribution in [3.63, 3.8) is 0 Å². The summed E-state index contributed by atoms with van der Waals surface area (Å²) in [6.45, 7) is 6.24. The van der Waals surface area contributed by atoms with E-state index in [0.717, 1.165) is 30.9 Å². The zero-order valence-electron chi connectivity index (χ0n) is 6.44. The molecule has 54 valence electrons. The van der Waals surface area contributed by atoms with Gasteiger partial charge in [-0.15, -0.1) is 0 Å². The molecule has 0 aromatic rings. The summed E-state index contributed by atoms with van der Waals surface area (Å²) >= 11 is 0.767. The maximum absolute atomic E-state index is 10.6. The molecule has 0 aliphatic heterocycles. The molecular formula is C7H15OS+. The molecule has 0 saturated carbocycles. The molecule has 0 saturated heterocycles. The maximum Gasteiger partial charge on any atom is 0.465 e. The molecule has 0 bridgehead atoms. The molecule has 0 aliphatic carbocycles. The van der Waals surface area contributed by atoms with E-state index in [1.165, 1.54) is 0 Å². The maximum atomic E-state index is 10.6. The molecule has 0 unspecified atom stereocenters. The third-order valence-electron chi connectivity index (χ3n) is 2.11. The third-order valence-corrected chi connectivity index (χ3v) is 3.33. The predicted molar refractivity (Wildman–Crippen MR) is 41.7 cm³/mol. The lowest BCUT2D eigenvalue weighted by Gasteiger charge is -2.07. The molecule has 0 radical (unpaired) electrons. The summed E-state index contributed by atoms with van der Waals surface area (Å²) in [5, 5.41) is 0. The first kappa shape index (κ1) is 9.02. The van der Waals surface area contributed by atoms with Gasteiger partial charge in [-0.05, 0) is 0 Å². The Bertz CT molecular complexity index is 78.7. The number of hydrogen-bond acceptors (Lipinski definition) is 1. The van der Waals surface area contributed by atoms with E-state index < -0.39 is 0 Å². The molecule has 0 aromatic heterocycles. The van der Waals surface area contributed by atoms with Crippen LogP contribution < -0.4 is 0 Å². The monoisotopic (exact) mass is 147 g/mol. The largest absolute Gasteiger partial charge is 0.465 e. The minimum absolute atomic E-state index is 0.0278. The van der Waals surface area contributed by atoms with Crippen molar-refractivity contribution < 1.29 is 4.21 Å². The van der Waals surface area contributed by atoms with Crippen LogP contribution in [0.15, 0.2) is 0 Å².